The number of halogens is 1. The van der Waals surface area contributed by atoms with Gasteiger partial charge in [0.1, 0.15) is 11.9 Å². The van der Waals surface area contributed by atoms with E-state index in [-0.39, 0.29) is 12.1 Å². The van der Waals surface area contributed by atoms with Crippen molar-refractivity contribution in [3.63, 3.8) is 0 Å². The quantitative estimate of drug-likeness (QED) is 0.738. The zero-order chi connectivity index (χ0) is 18.8. The fourth-order valence-electron chi connectivity index (χ4n) is 3.30. The van der Waals surface area contributed by atoms with E-state index < -0.39 is 5.82 Å². The van der Waals surface area contributed by atoms with E-state index in [1.54, 1.807) is 17.0 Å². The molecule has 1 aromatic heterocycles. The SMILES string of the molecule is Cc1cccc(-c2noc(C3CCCN3C(=O)Nc3cccc(F)c3)n2)c1. The van der Waals surface area contributed by atoms with Crippen molar-refractivity contribution >= 4 is 11.7 Å². The lowest BCUT2D eigenvalue weighted by atomic mass is 10.1. The maximum Gasteiger partial charge on any atom is 0.322 e. The van der Waals surface area contributed by atoms with Crippen LogP contribution in [0, 0.1) is 12.7 Å². The Hall–Kier alpha value is -3.22. The van der Waals surface area contributed by atoms with E-state index in [2.05, 4.69) is 15.5 Å². The number of nitrogens with zero attached hydrogens (tertiary/aromatic N) is 3. The number of benzene rings is 2. The number of aryl methyl sites for hydroxylation is 1. The molecule has 2 heterocycles. The van der Waals surface area contributed by atoms with Crippen LogP contribution in [0.4, 0.5) is 14.9 Å². The van der Waals surface area contributed by atoms with Gasteiger partial charge in [-0.05, 0) is 44.0 Å². The molecular weight excluding hydrogens is 347 g/mol. The number of hydrogen-bond acceptors (Lipinski definition) is 4. The molecule has 0 radical (unpaired) electrons. The van der Waals surface area contributed by atoms with Crippen molar-refractivity contribution in [2.75, 3.05) is 11.9 Å². The van der Waals surface area contributed by atoms with Gasteiger partial charge < -0.3 is 14.7 Å². The zero-order valence-electron chi connectivity index (χ0n) is 14.9. The Morgan fingerprint density at radius 3 is 2.93 bits per heavy atom. The van der Waals surface area contributed by atoms with E-state index in [0.29, 0.717) is 23.9 Å². The Kier molecular flexibility index (Phi) is 4.58. The van der Waals surface area contributed by atoms with Gasteiger partial charge in [0.2, 0.25) is 11.7 Å². The average molecular weight is 366 g/mol. The highest BCUT2D eigenvalue weighted by atomic mass is 19.1. The molecule has 1 aliphatic rings. The highest BCUT2D eigenvalue weighted by molar-refractivity contribution is 5.89. The molecule has 1 aliphatic heterocycles. The lowest BCUT2D eigenvalue weighted by molar-refractivity contribution is 0.193. The first-order valence-corrected chi connectivity index (χ1v) is 8.84. The Balaban J connectivity index is 1.52. The monoisotopic (exact) mass is 366 g/mol. The van der Waals surface area contributed by atoms with E-state index in [1.807, 2.05) is 31.2 Å². The molecule has 7 heteroatoms. The van der Waals surface area contributed by atoms with E-state index in [1.165, 1.54) is 12.1 Å². The van der Waals surface area contributed by atoms with E-state index in [9.17, 15) is 9.18 Å². The van der Waals surface area contributed by atoms with Crippen LogP contribution < -0.4 is 5.32 Å². The van der Waals surface area contributed by atoms with Crippen molar-refractivity contribution in [1.29, 1.82) is 0 Å². The average Bonchev–Trinajstić information content (AvgIpc) is 3.31. The molecule has 0 spiro atoms. The van der Waals surface area contributed by atoms with E-state index in [4.69, 9.17) is 4.52 Å². The fourth-order valence-corrected chi connectivity index (χ4v) is 3.30. The number of hydrogen-bond donors (Lipinski definition) is 1. The summed E-state index contributed by atoms with van der Waals surface area (Å²) in [6, 6.07) is 13.1. The maximum absolute atomic E-state index is 13.3. The molecule has 3 aromatic rings. The Morgan fingerprint density at radius 2 is 2.11 bits per heavy atom. The molecule has 138 valence electrons. The third kappa shape index (κ3) is 3.67. The second-order valence-electron chi connectivity index (χ2n) is 6.62. The van der Waals surface area contributed by atoms with Gasteiger partial charge in [0, 0.05) is 17.8 Å². The minimum atomic E-state index is -0.398. The van der Waals surface area contributed by atoms with Crippen LogP contribution in [0.3, 0.4) is 0 Å². The number of likely N-dealkylation sites (tertiary alicyclic amines) is 1. The van der Waals surface area contributed by atoms with Crippen LogP contribution in [-0.4, -0.2) is 27.6 Å². The predicted molar refractivity (Wildman–Crippen MR) is 98.6 cm³/mol. The van der Waals surface area contributed by atoms with Crippen molar-refractivity contribution in [3.8, 4) is 11.4 Å². The number of aromatic nitrogens is 2. The molecular formula is C20H19FN4O2. The number of anilines is 1. The molecule has 0 aliphatic carbocycles. The molecule has 2 aromatic carbocycles. The van der Waals surface area contributed by atoms with Crippen molar-refractivity contribution in [2.45, 2.75) is 25.8 Å². The second-order valence-corrected chi connectivity index (χ2v) is 6.62. The number of rotatable bonds is 3. The molecule has 4 rings (SSSR count). The van der Waals surface area contributed by atoms with Crippen molar-refractivity contribution in [1.82, 2.24) is 15.0 Å². The Labute approximate surface area is 156 Å². The summed E-state index contributed by atoms with van der Waals surface area (Å²) in [6.45, 7) is 2.58. The van der Waals surface area contributed by atoms with Gasteiger partial charge in [-0.1, -0.05) is 35.0 Å². The lowest BCUT2D eigenvalue weighted by Gasteiger charge is -2.22. The van der Waals surface area contributed by atoms with Gasteiger partial charge in [-0.2, -0.15) is 4.98 Å². The normalized spacial score (nSPS) is 16.5. The standard InChI is InChI=1S/C20H19FN4O2/c1-13-5-2-6-14(11-13)18-23-19(27-24-18)17-9-4-10-25(17)20(26)22-16-8-3-7-15(21)12-16/h2-3,5-8,11-12,17H,4,9-10H2,1H3,(H,22,26). The first-order valence-electron chi connectivity index (χ1n) is 8.84. The molecule has 1 atom stereocenters. The van der Waals surface area contributed by atoms with Crippen LogP contribution in [0.25, 0.3) is 11.4 Å². The maximum atomic E-state index is 13.3. The first kappa shape index (κ1) is 17.2. The zero-order valence-corrected chi connectivity index (χ0v) is 14.9. The summed E-state index contributed by atoms with van der Waals surface area (Å²) >= 11 is 0. The number of amides is 2. The topological polar surface area (TPSA) is 71.3 Å². The molecule has 1 N–H and O–H groups in total. The van der Waals surface area contributed by atoms with Gasteiger partial charge in [0.05, 0.1) is 0 Å². The molecule has 2 amide bonds. The smallest absolute Gasteiger partial charge is 0.322 e. The predicted octanol–water partition coefficient (Wildman–Crippen LogP) is 4.55. The number of urea groups is 1. The van der Waals surface area contributed by atoms with Crippen LogP contribution in [0.2, 0.25) is 0 Å². The molecule has 1 fully saturated rings. The van der Waals surface area contributed by atoms with Gasteiger partial charge in [0.25, 0.3) is 0 Å². The summed E-state index contributed by atoms with van der Waals surface area (Å²) in [5.41, 5.74) is 2.39. The van der Waals surface area contributed by atoms with E-state index in [0.717, 1.165) is 24.0 Å². The van der Waals surface area contributed by atoms with Crippen LogP contribution in [0.15, 0.2) is 53.1 Å². The first-order chi connectivity index (χ1) is 13.1. The Bertz CT molecular complexity index is 972. The summed E-state index contributed by atoms with van der Waals surface area (Å²) < 4.78 is 18.8. The summed E-state index contributed by atoms with van der Waals surface area (Å²) in [5.74, 6) is 0.523. The highest BCUT2D eigenvalue weighted by Crippen LogP contribution is 2.32. The number of carbonyl (C=O) groups is 1. The van der Waals surface area contributed by atoms with Crippen molar-refractivity contribution < 1.29 is 13.7 Å². The molecule has 6 nitrogen and oxygen atoms in total. The third-order valence-corrected chi connectivity index (χ3v) is 4.59. The van der Waals surface area contributed by atoms with Gasteiger partial charge in [-0.25, -0.2) is 9.18 Å². The van der Waals surface area contributed by atoms with Gasteiger partial charge in [0.15, 0.2) is 0 Å². The summed E-state index contributed by atoms with van der Waals surface area (Å²) in [7, 11) is 0. The largest absolute Gasteiger partial charge is 0.337 e. The Morgan fingerprint density at radius 1 is 1.26 bits per heavy atom. The van der Waals surface area contributed by atoms with E-state index >= 15 is 0 Å². The minimum absolute atomic E-state index is 0.287. The van der Waals surface area contributed by atoms with Gasteiger partial charge >= 0.3 is 6.03 Å². The van der Waals surface area contributed by atoms with Crippen LogP contribution in [0.1, 0.15) is 30.3 Å². The summed E-state index contributed by atoms with van der Waals surface area (Å²) in [4.78, 5) is 18.8. The molecule has 27 heavy (non-hydrogen) atoms. The van der Waals surface area contributed by atoms with Crippen LogP contribution in [-0.2, 0) is 0 Å². The number of nitrogens with one attached hydrogen (secondary N) is 1. The summed E-state index contributed by atoms with van der Waals surface area (Å²) in [5, 5.41) is 6.79. The third-order valence-electron chi connectivity index (χ3n) is 4.59. The minimum Gasteiger partial charge on any atom is -0.337 e. The summed E-state index contributed by atoms with van der Waals surface area (Å²) in [6.07, 6.45) is 1.58. The fraction of sp³-hybridized carbons (Fsp3) is 0.250. The molecule has 1 saturated heterocycles. The van der Waals surface area contributed by atoms with Crippen molar-refractivity contribution in [3.05, 3.63) is 65.8 Å². The van der Waals surface area contributed by atoms with Gasteiger partial charge in [-0.3, -0.25) is 0 Å². The molecule has 0 bridgehead atoms. The highest BCUT2D eigenvalue weighted by Gasteiger charge is 2.34. The number of carbonyl (C=O) groups excluding carboxylic acids is 1. The lowest BCUT2D eigenvalue weighted by Crippen LogP contribution is -2.34. The molecule has 0 saturated carbocycles. The van der Waals surface area contributed by atoms with Gasteiger partial charge in [-0.15, -0.1) is 0 Å². The van der Waals surface area contributed by atoms with Crippen LogP contribution in [0.5, 0.6) is 0 Å². The second kappa shape index (κ2) is 7.19. The van der Waals surface area contributed by atoms with Crippen LogP contribution >= 0.6 is 0 Å². The van der Waals surface area contributed by atoms with Crippen molar-refractivity contribution in [2.24, 2.45) is 0 Å². The molecule has 1 unspecified atom stereocenters.